The fraction of sp³-hybridized carbons (Fsp3) is 0.222. The summed E-state index contributed by atoms with van der Waals surface area (Å²) in [4.78, 5) is 0. The summed E-state index contributed by atoms with van der Waals surface area (Å²) >= 11 is 6.22. The number of anilines is 1. The molecule has 2 rings (SSSR count). The standard InChI is InChI=1S/C18H20ClNO/c1-4-9-21-18-8-7-15(11-16(18)19)12-20-17-10-13(2)5-6-14(17)3/h4-8,10-11,20H,1,9,12H2,2-3H3. The van der Waals surface area contributed by atoms with Crippen molar-refractivity contribution in [2.75, 3.05) is 11.9 Å². The van der Waals surface area contributed by atoms with Gasteiger partial charge in [0.15, 0.2) is 0 Å². The third-order valence-corrected chi connectivity index (χ3v) is 3.52. The van der Waals surface area contributed by atoms with E-state index in [1.54, 1.807) is 6.08 Å². The Morgan fingerprint density at radius 2 is 2.00 bits per heavy atom. The number of benzene rings is 2. The zero-order chi connectivity index (χ0) is 15.2. The van der Waals surface area contributed by atoms with Gasteiger partial charge in [-0.15, -0.1) is 0 Å². The van der Waals surface area contributed by atoms with E-state index >= 15 is 0 Å². The molecule has 0 aliphatic rings. The molecular weight excluding hydrogens is 282 g/mol. The van der Waals surface area contributed by atoms with Crippen LogP contribution < -0.4 is 10.1 Å². The van der Waals surface area contributed by atoms with Crippen LogP contribution in [0.5, 0.6) is 5.75 Å². The Morgan fingerprint density at radius 3 is 2.71 bits per heavy atom. The van der Waals surface area contributed by atoms with Crippen LogP contribution in [0.3, 0.4) is 0 Å². The SMILES string of the molecule is C=CCOc1ccc(CNc2cc(C)ccc2C)cc1Cl. The number of halogens is 1. The van der Waals surface area contributed by atoms with Crippen LogP contribution >= 0.6 is 11.6 Å². The first-order chi connectivity index (χ1) is 10.1. The Labute approximate surface area is 131 Å². The smallest absolute Gasteiger partial charge is 0.138 e. The van der Waals surface area contributed by atoms with Gasteiger partial charge in [0.2, 0.25) is 0 Å². The second-order valence-corrected chi connectivity index (χ2v) is 5.44. The van der Waals surface area contributed by atoms with E-state index in [-0.39, 0.29) is 0 Å². The minimum absolute atomic E-state index is 0.458. The maximum Gasteiger partial charge on any atom is 0.138 e. The summed E-state index contributed by atoms with van der Waals surface area (Å²) in [6, 6.07) is 12.2. The molecule has 3 heteroatoms. The minimum Gasteiger partial charge on any atom is -0.488 e. The average molecular weight is 302 g/mol. The van der Waals surface area contributed by atoms with Crippen LogP contribution in [0, 0.1) is 13.8 Å². The maximum atomic E-state index is 6.22. The number of ether oxygens (including phenoxy) is 1. The highest BCUT2D eigenvalue weighted by Crippen LogP contribution is 2.26. The van der Waals surface area contributed by atoms with Crippen LogP contribution in [-0.2, 0) is 6.54 Å². The molecule has 0 unspecified atom stereocenters. The molecule has 2 aromatic carbocycles. The Balaban J connectivity index is 2.05. The van der Waals surface area contributed by atoms with Crippen molar-refractivity contribution in [3.63, 3.8) is 0 Å². The molecule has 0 aliphatic carbocycles. The van der Waals surface area contributed by atoms with Crippen LogP contribution in [0.4, 0.5) is 5.69 Å². The van der Waals surface area contributed by atoms with E-state index in [1.165, 1.54) is 11.1 Å². The minimum atomic E-state index is 0.458. The van der Waals surface area contributed by atoms with Gasteiger partial charge in [0.25, 0.3) is 0 Å². The summed E-state index contributed by atoms with van der Waals surface area (Å²) in [7, 11) is 0. The third-order valence-electron chi connectivity index (χ3n) is 3.23. The number of nitrogens with one attached hydrogen (secondary N) is 1. The van der Waals surface area contributed by atoms with E-state index in [0.29, 0.717) is 17.4 Å². The van der Waals surface area contributed by atoms with Crippen LogP contribution in [0.15, 0.2) is 49.1 Å². The summed E-state index contributed by atoms with van der Waals surface area (Å²) in [5, 5.41) is 4.07. The van der Waals surface area contributed by atoms with Crippen LogP contribution in [0.25, 0.3) is 0 Å². The maximum absolute atomic E-state index is 6.22. The summed E-state index contributed by atoms with van der Waals surface area (Å²) in [5.74, 6) is 0.687. The number of hydrogen-bond acceptors (Lipinski definition) is 2. The fourth-order valence-electron chi connectivity index (χ4n) is 2.04. The van der Waals surface area contributed by atoms with Gasteiger partial charge in [-0.3, -0.25) is 0 Å². The number of rotatable bonds is 6. The van der Waals surface area contributed by atoms with Gasteiger partial charge in [0.05, 0.1) is 5.02 Å². The fourth-order valence-corrected chi connectivity index (χ4v) is 2.30. The van der Waals surface area contributed by atoms with Crippen LogP contribution in [0.1, 0.15) is 16.7 Å². The van der Waals surface area contributed by atoms with Crippen molar-refractivity contribution >= 4 is 17.3 Å². The molecule has 1 N–H and O–H groups in total. The molecule has 0 heterocycles. The second-order valence-electron chi connectivity index (χ2n) is 5.04. The molecule has 0 atom stereocenters. The lowest BCUT2D eigenvalue weighted by Crippen LogP contribution is -2.02. The van der Waals surface area contributed by atoms with Gasteiger partial charge in [0, 0.05) is 12.2 Å². The van der Waals surface area contributed by atoms with Crippen molar-refractivity contribution in [1.82, 2.24) is 0 Å². The molecule has 0 fully saturated rings. The quantitative estimate of drug-likeness (QED) is 0.746. The summed E-state index contributed by atoms with van der Waals surface area (Å²) < 4.78 is 5.47. The zero-order valence-corrected chi connectivity index (χ0v) is 13.2. The molecular formula is C18H20ClNO. The second kappa shape index (κ2) is 7.19. The predicted molar refractivity (Wildman–Crippen MR) is 90.4 cm³/mol. The largest absolute Gasteiger partial charge is 0.488 e. The summed E-state index contributed by atoms with van der Waals surface area (Å²) in [6.45, 7) is 9.00. The highest BCUT2D eigenvalue weighted by Gasteiger charge is 2.04. The molecule has 0 aliphatic heterocycles. The molecule has 21 heavy (non-hydrogen) atoms. The van der Waals surface area contributed by atoms with E-state index in [9.17, 15) is 0 Å². The highest BCUT2D eigenvalue weighted by atomic mass is 35.5. The molecule has 0 spiro atoms. The molecule has 0 bridgehead atoms. The lowest BCUT2D eigenvalue weighted by atomic mass is 10.1. The van der Waals surface area contributed by atoms with Crippen molar-refractivity contribution in [2.24, 2.45) is 0 Å². The monoisotopic (exact) mass is 301 g/mol. The molecule has 0 saturated carbocycles. The molecule has 0 saturated heterocycles. The van der Waals surface area contributed by atoms with E-state index in [1.807, 2.05) is 18.2 Å². The lowest BCUT2D eigenvalue weighted by Gasteiger charge is -2.12. The predicted octanol–water partition coefficient (Wildman–Crippen LogP) is 5.13. The number of aryl methyl sites for hydroxylation is 2. The molecule has 0 aromatic heterocycles. The zero-order valence-electron chi connectivity index (χ0n) is 12.4. The summed E-state index contributed by atoms with van der Waals surface area (Å²) in [5.41, 5.74) is 4.75. The first-order valence-corrected chi connectivity index (χ1v) is 7.31. The average Bonchev–Trinajstić information content (AvgIpc) is 2.47. The first-order valence-electron chi connectivity index (χ1n) is 6.93. The van der Waals surface area contributed by atoms with Gasteiger partial charge in [0.1, 0.15) is 12.4 Å². The molecule has 110 valence electrons. The van der Waals surface area contributed by atoms with Crippen LogP contribution in [-0.4, -0.2) is 6.61 Å². The van der Waals surface area contributed by atoms with E-state index in [0.717, 1.165) is 17.8 Å². The molecule has 0 radical (unpaired) electrons. The van der Waals surface area contributed by atoms with E-state index < -0.39 is 0 Å². The van der Waals surface area contributed by atoms with Gasteiger partial charge in [-0.1, -0.05) is 42.5 Å². The van der Waals surface area contributed by atoms with Crippen molar-refractivity contribution < 1.29 is 4.74 Å². The molecule has 2 nitrogen and oxygen atoms in total. The Bertz CT molecular complexity index is 637. The lowest BCUT2D eigenvalue weighted by molar-refractivity contribution is 0.363. The number of hydrogen-bond donors (Lipinski definition) is 1. The van der Waals surface area contributed by atoms with Gasteiger partial charge in [-0.05, 0) is 48.7 Å². The highest BCUT2D eigenvalue weighted by molar-refractivity contribution is 6.32. The Kier molecular flexibility index (Phi) is 5.29. The molecule has 0 amide bonds. The topological polar surface area (TPSA) is 21.3 Å². The van der Waals surface area contributed by atoms with Gasteiger partial charge in [-0.25, -0.2) is 0 Å². The molecule has 2 aromatic rings. The normalized spacial score (nSPS) is 10.2. The van der Waals surface area contributed by atoms with Crippen molar-refractivity contribution in [3.8, 4) is 5.75 Å². The van der Waals surface area contributed by atoms with Gasteiger partial charge in [-0.2, -0.15) is 0 Å². The van der Waals surface area contributed by atoms with Crippen LogP contribution in [0.2, 0.25) is 5.02 Å². The van der Waals surface area contributed by atoms with Crippen molar-refractivity contribution in [3.05, 3.63) is 70.8 Å². The van der Waals surface area contributed by atoms with Crippen molar-refractivity contribution in [1.29, 1.82) is 0 Å². The Hall–Kier alpha value is -1.93. The Morgan fingerprint density at radius 1 is 1.19 bits per heavy atom. The van der Waals surface area contributed by atoms with Gasteiger partial charge >= 0.3 is 0 Å². The summed E-state index contributed by atoms with van der Waals surface area (Å²) in [6.07, 6.45) is 1.70. The van der Waals surface area contributed by atoms with E-state index in [2.05, 4.69) is 43.9 Å². The first kappa shape index (κ1) is 15.5. The van der Waals surface area contributed by atoms with Crippen molar-refractivity contribution in [2.45, 2.75) is 20.4 Å². The third kappa shape index (κ3) is 4.27. The van der Waals surface area contributed by atoms with E-state index in [4.69, 9.17) is 16.3 Å². The van der Waals surface area contributed by atoms with Gasteiger partial charge < -0.3 is 10.1 Å².